The number of carbonyl (C=O) groups is 2. The van der Waals surface area contributed by atoms with Gasteiger partial charge in [-0.25, -0.2) is 0 Å². The molecule has 0 saturated carbocycles. The summed E-state index contributed by atoms with van der Waals surface area (Å²) in [6.45, 7) is 3.09. The molecule has 2 aromatic carbocycles. The van der Waals surface area contributed by atoms with Gasteiger partial charge in [0, 0.05) is 41.2 Å². The largest absolute Gasteiger partial charge is 0.339 e. The molecule has 1 saturated heterocycles. The van der Waals surface area contributed by atoms with Gasteiger partial charge in [0.05, 0.1) is 5.56 Å². The van der Waals surface area contributed by atoms with Crippen LogP contribution in [0.1, 0.15) is 48.4 Å². The molecule has 7 nitrogen and oxygen atoms in total. The van der Waals surface area contributed by atoms with Gasteiger partial charge in [0.2, 0.25) is 17.6 Å². The Morgan fingerprint density at radius 1 is 1.16 bits per heavy atom. The third-order valence-corrected chi connectivity index (χ3v) is 6.09. The molecule has 1 N–H and O–H groups in total. The molecule has 1 aliphatic rings. The Labute approximate surface area is 189 Å². The molecule has 1 aliphatic heterocycles. The number of likely N-dealkylation sites (tertiary alicyclic amines) is 1. The Balaban J connectivity index is 1.41. The molecular formula is C23H23BrN4O3. The molecule has 0 unspecified atom stereocenters. The second-order valence-electron chi connectivity index (χ2n) is 7.49. The molecule has 160 valence electrons. The third kappa shape index (κ3) is 4.85. The fourth-order valence-corrected chi connectivity index (χ4v) is 4.09. The summed E-state index contributed by atoms with van der Waals surface area (Å²) in [6, 6.07) is 14.9. The van der Waals surface area contributed by atoms with Crippen LogP contribution in [-0.4, -0.2) is 39.9 Å². The normalized spacial score (nSPS) is 14.5. The summed E-state index contributed by atoms with van der Waals surface area (Å²) in [7, 11) is 0. The van der Waals surface area contributed by atoms with Crippen molar-refractivity contribution in [2.24, 2.45) is 0 Å². The molecular weight excluding hydrogens is 460 g/mol. The summed E-state index contributed by atoms with van der Waals surface area (Å²) in [5, 5.41) is 6.97. The molecule has 31 heavy (non-hydrogen) atoms. The number of halogens is 1. The van der Waals surface area contributed by atoms with Crippen LogP contribution in [0.15, 0.2) is 57.5 Å². The van der Waals surface area contributed by atoms with Crippen molar-refractivity contribution >= 4 is 33.4 Å². The van der Waals surface area contributed by atoms with Crippen LogP contribution in [0, 0.1) is 0 Å². The molecule has 2 heterocycles. The fraction of sp³-hybridized carbons (Fsp3) is 0.304. The highest BCUT2D eigenvalue weighted by atomic mass is 79.9. The van der Waals surface area contributed by atoms with E-state index in [9.17, 15) is 9.59 Å². The lowest BCUT2D eigenvalue weighted by Gasteiger charge is -2.30. The lowest BCUT2D eigenvalue weighted by Crippen LogP contribution is -2.38. The minimum Gasteiger partial charge on any atom is -0.339 e. The molecule has 2 amide bonds. The highest BCUT2D eigenvalue weighted by molar-refractivity contribution is 9.10. The number of carbonyl (C=O) groups excluding carboxylic acids is 2. The molecule has 0 aliphatic carbocycles. The van der Waals surface area contributed by atoms with E-state index in [1.165, 1.54) is 0 Å². The van der Waals surface area contributed by atoms with Crippen LogP contribution in [0.25, 0.3) is 11.4 Å². The van der Waals surface area contributed by atoms with Crippen LogP contribution in [0.4, 0.5) is 5.69 Å². The van der Waals surface area contributed by atoms with Gasteiger partial charge in [-0.15, -0.1) is 0 Å². The summed E-state index contributed by atoms with van der Waals surface area (Å²) < 4.78 is 6.35. The summed E-state index contributed by atoms with van der Waals surface area (Å²) in [5.41, 5.74) is 2.16. The summed E-state index contributed by atoms with van der Waals surface area (Å²) in [4.78, 5) is 30.9. The van der Waals surface area contributed by atoms with Gasteiger partial charge in [0.25, 0.3) is 5.91 Å². The first kappa shape index (κ1) is 21.2. The number of rotatable bonds is 5. The fourth-order valence-electron chi connectivity index (χ4n) is 3.64. The SMILES string of the molecule is CCC(=O)Nc1cccc(-c2noc(C3CCN(C(=O)c4ccccc4Br)CC3)n2)c1. The van der Waals surface area contributed by atoms with Crippen molar-refractivity contribution in [3.8, 4) is 11.4 Å². The van der Waals surface area contributed by atoms with Gasteiger partial charge in [-0.1, -0.05) is 36.3 Å². The lowest BCUT2D eigenvalue weighted by atomic mass is 9.96. The third-order valence-electron chi connectivity index (χ3n) is 5.40. The Morgan fingerprint density at radius 2 is 1.94 bits per heavy atom. The van der Waals surface area contributed by atoms with Gasteiger partial charge >= 0.3 is 0 Å². The van der Waals surface area contributed by atoms with E-state index in [-0.39, 0.29) is 17.7 Å². The van der Waals surface area contributed by atoms with Gasteiger partial charge in [-0.2, -0.15) is 4.98 Å². The van der Waals surface area contributed by atoms with Crippen molar-refractivity contribution in [2.75, 3.05) is 18.4 Å². The topological polar surface area (TPSA) is 88.3 Å². The van der Waals surface area contributed by atoms with Crippen molar-refractivity contribution < 1.29 is 14.1 Å². The first-order chi connectivity index (χ1) is 15.0. The molecule has 8 heteroatoms. The first-order valence-electron chi connectivity index (χ1n) is 10.3. The first-order valence-corrected chi connectivity index (χ1v) is 11.1. The van der Waals surface area contributed by atoms with Gasteiger partial charge in [-0.3, -0.25) is 9.59 Å². The number of hydrogen-bond donors (Lipinski definition) is 1. The maximum atomic E-state index is 12.8. The predicted octanol–water partition coefficient (Wildman–Crippen LogP) is 4.87. The second-order valence-corrected chi connectivity index (χ2v) is 8.34. The molecule has 1 aromatic heterocycles. The number of aromatic nitrogens is 2. The zero-order chi connectivity index (χ0) is 21.8. The van der Waals surface area contributed by atoms with E-state index >= 15 is 0 Å². The average molecular weight is 483 g/mol. The molecule has 0 atom stereocenters. The van der Waals surface area contributed by atoms with E-state index in [0.29, 0.717) is 42.5 Å². The number of nitrogens with one attached hydrogen (secondary N) is 1. The smallest absolute Gasteiger partial charge is 0.254 e. The van der Waals surface area contributed by atoms with E-state index in [1.807, 2.05) is 60.4 Å². The van der Waals surface area contributed by atoms with Crippen molar-refractivity contribution in [3.63, 3.8) is 0 Å². The van der Waals surface area contributed by atoms with E-state index in [1.54, 1.807) is 0 Å². The van der Waals surface area contributed by atoms with Crippen molar-refractivity contribution in [3.05, 3.63) is 64.5 Å². The Kier molecular flexibility index (Phi) is 6.46. The highest BCUT2D eigenvalue weighted by Gasteiger charge is 2.28. The number of benzene rings is 2. The number of amides is 2. The van der Waals surface area contributed by atoms with E-state index in [0.717, 1.165) is 22.9 Å². The van der Waals surface area contributed by atoms with Crippen LogP contribution in [0.5, 0.6) is 0 Å². The summed E-state index contributed by atoms with van der Waals surface area (Å²) in [5.74, 6) is 1.19. The summed E-state index contributed by atoms with van der Waals surface area (Å²) >= 11 is 3.46. The number of nitrogens with zero attached hydrogens (tertiary/aromatic N) is 3. The maximum Gasteiger partial charge on any atom is 0.254 e. The molecule has 0 bridgehead atoms. The Hall–Kier alpha value is -3.00. The standard InChI is InChI=1S/C23H23BrN4O3/c1-2-20(29)25-17-7-5-6-16(14-17)21-26-22(31-27-21)15-10-12-28(13-11-15)23(30)18-8-3-4-9-19(18)24/h3-9,14-15H,2,10-13H2,1H3,(H,25,29). The number of piperidine rings is 1. The van der Waals surface area contributed by atoms with Crippen molar-refractivity contribution in [1.29, 1.82) is 0 Å². The van der Waals surface area contributed by atoms with Crippen LogP contribution in [0.2, 0.25) is 0 Å². The van der Waals surface area contributed by atoms with Crippen LogP contribution < -0.4 is 5.32 Å². The zero-order valence-corrected chi connectivity index (χ0v) is 18.8. The van der Waals surface area contributed by atoms with Crippen molar-refractivity contribution in [1.82, 2.24) is 15.0 Å². The molecule has 0 radical (unpaired) electrons. The molecule has 1 fully saturated rings. The van der Waals surface area contributed by atoms with Crippen LogP contribution >= 0.6 is 15.9 Å². The number of hydrogen-bond acceptors (Lipinski definition) is 5. The van der Waals surface area contributed by atoms with Crippen molar-refractivity contribution in [2.45, 2.75) is 32.1 Å². The highest BCUT2D eigenvalue weighted by Crippen LogP contribution is 2.30. The lowest BCUT2D eigenvalue weighted by molar-refractivity contribution is -0.115. The zero-order valence-electron chi connectivity index (χ0n) is 17.2. The van der Waals surface area contributed by atoms with Crippen LogP contribution in [-0.2, 0) is 4.79 Å². The van der Waals surface area contributed by atoms with E-state index in [2.05, 4.69) is 31.4 Å². The molecule has 0 spiro atoms. The number of anilines is 1. The minimum atomic E-state index is -0.0465. The van der Waals surface area contributed by atoms with Gasteiger partial charge in [0.15, 0.2) is 0 Å². The monoisotopic (exact) mass is 482 g/mol. The van der Waals surface area contributed by atoms with E-state index < -0.39 is 0 Å². The van der Waals surface area contributed by atoms with Gasteiger partial charge < -0.3 is 14.7 Å². The second kappa shape index (κ2) is 9.43. The Bertz CT molecular complexity index is 1090. The Morgan fingerprint density at radius 3 is 2.68 bits per heavy atom. The van der Waals surface area contributed by atoms with Crippen LogP contribution in [0.3, 0.4) is 0 Å². The maximum absolute atomic E-state index is 12.8. The predicted molar refractivity (Wildman–Crippen MR) is 121 cm³/mol. The van der Waals surface area contributed by atoms with Gasteiger partial charge in [-0.05, 0) is 53.0 Å². The van der Waals surface area contributed by atoms with E-state index in [4.69, 9.17) is 4.52 Å². The molecule has 3 aromatic rings. The molecule has 4 rings (SSSR count). The minimum absolute atomic E-state index is 0.0306. The average Bonchev–Trinajstić information content (AvgIpc) is 3.29. The quantitative estimate of drug-likeness (QED) is 0.560. The van der Waals surface area contributed by atoms with Gasteiger partial charge in [0.1, 0.15) is 0 Å². The summed E-state index contributed by atoms with van der Waals surface area (Å²) in [6.07, 6.45) is 1.95.